The first-order chi connectivity index (χ1) is 12.7. The van der Waals surface area contributed by atoms with Crippen molar-refractivity contribution in [1.29, 1.82) is 5.26 Å². The third kappa shape index (κ3) is 3.44. The van der Waals surface area contributed by atoms with Crippen LogP contribution in [-0.2, 0) is 0 Å². The topological polar surface area (TPSA) is 64.6 Å². The van der Waals surface area contributed by atoms with Crippen LogP contribution in [0.4, 0.5) is 0 Å². The van der Waals surface area contributed by atoms with Gasteiger partial charge in [0.05, 0.1) is 33.2 Å². The van der Waals surface area contributed by atoms with Crippen molar-refractivity contribution in [1.82, 2.24) is 0 Å². The Morgan fingerprint density at radius 3 is 2.38 bits per heavy atom. The minimum absolute atomic E-state index is 0.516. The molecule has 0 aliphatic rings. The van der Waals surface area contributed by atoms with Crippen LogP contribution in [0.3, 0.4) is 0 Å². The molecule has 5 nitrogen and oxygen atoms in total. The van der Waals surface area contributed by atoms with Crippen molar-refractivity contribution in [2.45, 2.75) is 0 Å². The number of hydrogen-bond acceptors (Lipinski definition) is 6. The number of hydrogen-bond donors (Lipinski definition) is 0. The number of nitrogens with zero attached hydrogens (tertiary/aromatic N) is 1. The molecule has 0 amide bonds. The van der Waals surface area contributed by atoms with Gasteiger partial charge in [0.15, 0.2) is 11.5 Å². The summed E-state index contributed by atoms with van der Waals surface area (Å²) < 4.78 is 21.5. The summed E-state index contributed by atoms with van der Waals surface area (Å²) >= 11 is 1.49. The first kappa shape index (κ1) is 17.6. The summed E-state index contributed by atoms with van der Waals surface area (Å²) in [7, 11) is 4.67. The Labute approximate surface area is 155 Å². The van der Waals surface area contributed by atoms with Crippen LogP contribution in [0.25, 0.3) is 23.0 Å². The lowest BCUT2D eigenvalue weighted by molar-refractivity contribution is 0.324. The molecule has 6 heteroatoms. The van der Waals surface area contributed by atoms with Gasteiger partial charge < -0.3 is 18.6 Å². The van der Waals surface area contributed by atoms with Crippen molar-refractivity contribution in [3.05, 3.63) is 52.4 Å². The predicted molar refractivity (Wildman–Crippen MR) is 102 cm³/mol. The van der Waals surface area contributed by atoms with Crippen LogP contribution in [0, 0.1) is 11.3 Å². The quantitative estimate of drug-likeness (QED) is 0.567. The Hall–Kier alpha value is -3.17. The van der Waals surface area contributed by atoms with Crippen LogP contribution in [0.15, 0.2) is 46.4 Å². The molecule has 132 valence electrons. The second kappa shape index (κ2) is 7.81. The Morgan fingerprint density at radius 2 is 1.85 bits per heavy atom. The predicted octanol–water partition coefficient (Wildman–Crippen LogP) is 5.10. The first-order valence-electron chi connectivity index (χ1n) is 7.74. The zero-order valence-corrected chi connectivity index (χ0v) is 15.4. The minimum Gasteiger partial charge on any atom is -0.493 e. The molecule has 0 aliphatic carbocycles. The first-order valence-corrected chi connectivity index (χ1v) is 8.62. The van der Waals surface area contributed by atoms with Gasteiger partial charge in [-0.15, -0.1) is 11.3 Å². The Kier molecular flexibility index (Phi) is 5.30. The lowest BCUT2D eigenvalue weighted by atomic mass is 10.1. The summed E-state index contributed by atoms with van der Waals surface area (Å²) in [5.41, 5.74) is 2.27. The Bertz CT molecular complexity index is 939. The van der Waals surface area contributed by atoms with E-state index in [-0.39, 0.29) is 0 Å². The third-order valence-corrected chi connectivity index (χ3v) is 4.75. The monoisotopic (exact) mass is 367 g/mol. The highest BCUT2D eigenvalue weighted by atomic mass is 32.1. The van der Waals surface area contributed by atoms with Gasteiger partial charge in [0.2, 0.25) is 5.75 Å². The molecule has 0 radical (unpaired) electrons. The van der Waals surface area contributed by atoms with Gasteiger partial charge in [-0.3, -0.25) is 0 Å². The van der Waals surface area contributed by atoms with Crippen molar-refractivity contribution in [3.63, 3.8) is 0 Å². The maximum Gasteiger partial charge on any atom is 0.203 e. The fourth-order valence-corrected chi connectivity index (χ4v) is 3.42. The molecule has 0 aliphatic heterocycles. The smallest absolute Gasteiger partial charge is 0.203 e. The number of nitriles is 1. The molecular formula is C20H17NO4S. The zero-order chi connectivity index (χ0) is 18.5. The maximum absolute atomic E-state index is 9.61. The molecule has 2 aromatic heterocycles. The van der Waals surface area contributed by atoms with E-state index in [4.69, 9.17) is 18.6 Å². The van der Waals surface area contributed by atoms with E-state index in [1.807, 2.05) is 23.6 Å². The van der Waals surface area contributed by atoms with E-state index >= 15 is 0 Å². The van der Waals surface area contributed by atoms with Crippen molar-refractivity contribution in [2.24, 2.45) is 0 Å². The molecule has 0 N–H and O–H groups in total. The largest absolute Gasteiger partial charge is 0.493 e. The summed E-state index contributed by atoms with van der Waals surface area (Å²) in [4.78, 5) is 0.854. The van der Waals surface area contributed by atoms with Crippen LogP contribution in [-0.4, -0.2) is 21.3 Å². The molecule has 2 heterocycles. The number of allylic oxidation sites excluding steroid dienone is 1. The molecule has 3 rings (SSSR count). The number of rotatable bonds is 6. The summed E-state index contributed by atoms with van der Waals surface area (Å²) in [6.07, 6.45) is 3.42. The van der Waals surface area contributed by atoms with Gasteiger partial charge >= 0.3 is 0 Å². The van der Waals surface area contributed by atoms with Gasteiger partial charge in [-0.2, -0.15) is 5.26 Å². The van der Waals surface area contributed by atoms with Crippen molar-refractivity contribution in [2.75, 3.05) is 21.3 Å². The number of thiophene rings is 1. The molecule has 0 fully saturated rings. The normalized spacial score (nSPS) is 11.1. The molecule has 0 saturated heterocycles. The van der Waals surface area contributed by atoms with Gasteiger partial charge in [0.25, 0.3) is 0 Å². The fraction of sp³-hybridized carbons (Fsp3) is 0.150. The highest BCUT2D eigenvalue weighted by Gasteiger charge is 2.14. The molecule has 3 aromatic rings. The highest BCUT2D eigenvalue weighted by molar-refractivity contribution is 7.11. The van der Waals surface area contributed by atoms with Crippen LogP contribution >= 0.6 is 11.3 Å². The minimum atomic E-state index is 0.516. The van der Waals surface area contributed by atoms with Crippen LogP contribution in [0.5, 0.6) is 17.2 Å². The van der Waals surface area contributed by atoms with E-state index < -0.39 is 0 Å². The maximum atomic E-state index is 9.61. The van der Waals surface area contributed by atoms with E-state index in [2.05, 4.69) is 6.07 Å². The molecule has 0 bridgehead atoms. The number of benzene rings is 1. The van der Waals surface area contributed by atoms with Crippen molar-refractivity contribution >= 4 is 23.0 Å². The molecule has 1 aromatic carbocycles. The second-order valence-electron chi connectivity index (χ2n) is 5.31. The summed E-state index contributed by atoms with van der Waals surface area (Å²) in [5, 5.41) is 11.6. The fourth-order valence-electron chi connectivity index (χ4n) is 2.56. The molecule has 0 spiro atoms. The van der Waals surface area contributed by atoms with Gasteiger partial charge in [-0.05, 0) is 42.0 Å². The standard InChI is InChI=1S/C20H17NO4S/c1-22-17-8-13(9-18(23-2)20(17)24-3)7-14(11-21)19-10-15(12-26-19)16-5-4-6-25-16/h4-10,12H,1-3H3. The van der Waals surface area contributed by atoms with Crippen LogP contribution in [0.2, 0.25) is 0 Å². The van der Waals surface area contributed by atoms with E-state index in [0.717, 1.165) is 21.8 Å². The third-order valence-electron chi connectivity index (χ3n) is 3.79. The van der Waals surface area contributed by atoms with Gasteiger partial charge in [0, 0.05) is 15.8 Å². The molecule has 0 unspecified atom stereocenters. The molecule has 0 saturated carbocycles. The zero-order valence-electron chi connectivity index (χ0n) is 14.6. The molecule has 26 heavy (non-hydrogen) atoms. The van der Waals surface area contributed by atoms with Gasteiger partial charge in [0.1, 0.15) is 11.8 Å². The van der Waals surface area contributed by atoms with Crippen LogP contribution < -0.4 is 14.2 Å². The van der Waals surface area contributed by atoms with E-state index in [1.54, 1.807) is 45.8 Å². The summed E-state index contributed by atoms with van der Waals surface area (Å²) in [6.45, 7) is 0. The average Bonchev–Trinajstić information content (AvgIpc) is 3.36. The summed E-state index contributed by atoms with van der Waals surface area (Å²) in [5.74, 6) is 2.37. The molecular weight excluding hydrogens is 350 g/mol. The number of ether oxygens (including phenoxy) is 3. The average molecular weight is 367 g/mol. The Balaban J connectivity index is 2.01. The van der Waals surface area contributed by atoms with Gasteiger partial charge in [-0.25, -0.2) is 0 Å². The highest BCUT2D eigenvalue weighted by Crippen LogP contribution is 2.39. The lowest BCUT2D eigenvalue weighted by Gasteiger charge is -2.13. The van der Waals surface area contributed by atoms with E-state index in [1.165, 1.54) is 11.3 Å². The van der Waals surface area contributed by atoms with Crippen molar-refractivity contribution < 1.29 is 18.6 Å². The second-order valence-corrected chi connectivity index (χ2v) is 6.22. The van der Waals surface area contributed by atoms with Gasteiger partial charge in [-0.1, -0.05) is 0 Å². The SMILES string of the molecule is COc1cc(C=C(C#N)c2cc(-c3ccco3)cs2)cc(OC)c1OC. The van der Waals surface area contributed by atoms with E-state index in [9.17, 15) is 5.26 Å². The van der Waals surface area contributed by atoms with Crippen LogP contribution in [0.1, 0.15) is 10.4 Å². The Morgan fingerprint density at radius 1 is 1.12 bits per heavy atom. The summed E-state index contributed by atoms with van der Waals surface area (Å²) in [6, 6.07) is 11.5. The van der Waals surface area contributed by atoms with E-state index in [0.29, 0.717) is 22.8 Å². The lowest BCUT2D eigenvalue weighted by Crippen LogP contribution is -1.95. The number of methoxy groups -OCH3 is 3. The molecule has 0 atom stereocenters. The van der Waals surface area contributed by atoms with Crippen molar-refractivity contribution in [3.8, 4) is 34.6 Å². The number of furan rings is 1.